The van der Waals surface area contributed by atoms with Crippen molar-refractivity contribution in [1.29, 1.82) is 0 Å². The first-order valence-corrected chi connectivity index (χ1v) is 6.34. The second-order valence-electron chi connectivity index (χ2n) is 5.13. The molecule has 2 saturated heterocycles. The van der Waals surface area contributed by atoms with E-state index in [0.717, 1.165) is 5.92 Å². The topological polar surface area (TPSA) is 26.7 Å². The lowest BCUT2D eigenvalue weighted by atomic mass is 9.89. The van der Waals surface area contributed by atoms with Gasteiger partial charge in [-0.1, -0.05) is 0 Å². The van der Waals surface area contributed by atoms with Crippen LogP contribution in [0.5, 0.6) is 0 Å². The number of aliphatic hydroxyl groups is 1. The van der Waals surface area contributed by atoms with Crippen LogP contribution in [0.15, 0.2) is 0 Å². The molecule has 0 amide bonds. The van der Waals surface area contributed by atoms with E-state index in [0.29, 0.717) is 12.6 Å². The number of nitrogens with zero attached hydrogens (tertiary/aromatic N) is 2. The zero-order valence-electron chi connectivity index (χ0n) is 9.86. The Hall–Kier alpha value is -0.120. The highest BCUT2D eigenvalue weighted by Gasteiger charge is 2.30. The van der Waals surface area contributed by atoms with Gasteiger partial charge in [-0.25, -0.2) is 0 Å². The third-order valence-corrected chi connectivity index (χ3v) is 4.10. The molecule has 15 heavy (non-hydrogen) atoms. The molecule has 0 spiro atoms. The van der Waals surface area contributed by atoms with E-state index in [4.69, 9.17) is 0 Å². The zero-order chi connectivity index (χ0) is 10.7. The molecular weight excluding hydrogens is 188 g/mol. The monoisotopic (exact) mass is 212 g/mol. The SMILES string of the molecule is CN1CCC(C(CO)N2CCCC2)CC1. The van der Waals surface area contributed by atoms with Crippen molar-refractivity contribution < 1.29 is 5.11 Å². The standard InChI is InChI=1S/C12H24N2O/c1-13-8-4-11(5-9-13)12(10-15)14-6-2-3-7-14/h11-12,15H,2-10H2,1H3. The van der Waals surface area contributed by atoms with E-state index < -0.39 is 0 Å². The molecule has 0 aromatic rings. The molecule has 0 radical (unpaired) electrons. The van der Waals surface area contributed by atoms with Crippen molar-refractivity contribution in [2.75, 3.05) is 39.8 Å². The molecule has 0 aromatic carbocycles. The summed E-state index contributed by atoms with van der Waals surface area (Å²) in [6, 6.07) is 0.446. The minimum atomic E-state index is 0.356. The van der Waals surface area contributed by atoms with E-state index in [1.807, 2.05) is 0 Å². The Balaban J connectivity index is 1.88. The fraction of sp³-hybridized carbons (Fsp3) is 1.00. The normalized spacial score (nSPS) is 28.4. The summed E-state index contributed by atoms with van der Waals surface area (Å²) >= 11 is 0. The molecule has 3 nitrogen and oxygen atoms in total. The number of hydrogen-bond donors (Lipinski definition) is 1. The van der Waals surface area contributed by atoms with Gasteiger partial charge in [0.25, 0.3) is 0 Å². The Morgan fingerprint density at radius 3 is 2.27 bits per heavy atom. The lowest BCUT2D eigenvalue weighted by molar-refractivity contribution is 0.0668. The van der Waals surface area contributed by atoms with Crippen molar-refractivity contribution in [1.82, 2.24) is 9.80 Å². The van der Waals surface area contributed by atoms with Gasteiger partial charge in [0.05, 0.1) is 6.61 Å². The summed E-state index contributed by atoms with van der Waals surface area (Å²) in [4.78, 5) is 4.91. The van der Waals surface area contributed by atoms with E-state index in [-0.39, 0.29) is 0 Å². The van der Waals surface area contributed by atoms with Crippen LogP contribution in [-0.2, 0) is 0 Å². The van der Waals surface area contributed by atoms with Gasteiger partial charge in [0.15, 0.2) is 0 Å². The summed E-state index contributed by atoms with van der Waals surface area (Å²) < 4.78 is 0. The van der Waals surface area contributed by atoms with Crippen LogP contribution in [0.25, 0.3) is 0 Å². The van der Waals surface area contributed by atoms with Crippen LogP contribution < -0.4 is 0 Å². The fourth-order valence-electron chi connectivity index (χ4n) is 3.05. The predicted molar refractivity (Wildman–Crippen MR) is 61.9 cm³/mol. The van der Waals surface area contributed by atoms with Crippen molar-refractivity contribution in [3.63, 3.8) is 0 Å². The summed E-state index contributed by atoms with van der Waals surface area (Å²) in [5, 5.41) is 9.55. The number of piperidine rings is 1. The quantitative estimate of drug-likeness (QED) is 0.749. The summed E-state index contributed by atoms with van der Waals surface area (Å²) in [6.45, 7) is 5.17. The molecule has 0 aromatic heterocycles. The molecule has 1 unspecified atom stereocenters. The molecule has 2 aliphatic heterocycles. The molecule has 2 aliphatic rings. The van der Waals surface area contributed by atoms with Gasteiger partial charge >= 0.3 is 0 Å². The smallest absolute Gasteiger partial charge is 0.0589 e. The Morgan fingerprint density at radius 2 is 1.73 bits per heavy atom. The predicted octanol–water partition coefficient (Wildman–Crippen LogP) is 0.785. The van der Waals surface area contributed by atoms with Gasteiger partial charge < -0.3 is 10.0 Å². The van der Waals surface area contributed by atoms with Crippen LogP contribution >= 0.6 is 0 Å². The van der Waals surface area contributed by atoms with Crippen LogP contribution in [0.3, 0.4) is 0 Å². The highest BCUT2D eigenvalue weighted by Crippen LogP contribution is 2.25. The third kappa shape index (κ3) is 2.71. The minimum absolute atomic E-state index is 0.356. The number of rotatable bonds is 3. The Labute approximate surface area is 93.1 Å². The molecule has 0 aliphatic carbocycles. The lowest BCUT2D eigenvalue weighted by Crippen LogP contribution is -2.45. The van der Waals surface area contributed by atoms with Crippen molar-refractivity contribution in [2.24, 2.45) is 5.92 Å². The molecule has 88 valence electrons. The van der Waals surface area contributed by atoms with Gasteiger partial charge in [0, 0.05) is 6.04 Å². The first kappa shape index (κ1) is 11.4. The molecular formula is C12H24N2O. The van der Waals surface area contributed by atoms with Crippen LogP contribution in [0, 0.1) is 5.92 Å². The molecule has 0 bridgehead atoms. The minimum Gasteiger partial charge on any atom is -0.395 e. The second-order valence-corrected chi connectivity index (χ2v) is 5.13. The molecule has 2 heterocycles. The number of aliphatic hydroxyl groups excluding tert-OH is 1. The maximum absolute atomic E-state index is 9.55. The van der Waals surface area contributed by atoms with Gasteiger partial charge in [0.1, 0.15) is 0 Å². The van der Waals surface area contributed by atoms with Crippen LogP contribution in [0.2, 0.25) is 0 Å². The fourth-order valence-corrected chi connectivity index (χ4v) is 3.05. The maximum Gasteiger partial charge on any atom is 0.0589 e. The van der Waals surface area contributed by atoms with E-state index in [1.165, 1.54) is 51.9 Å². The van der Waals surface area contributed by atoms with Gasteiger partial charge in [-0.15, -0.1) is 0 Å². The van der Waals surface area contributed by atoms with Crippen molar-refractivity contribution in [3.05, 3.63) is 0 Å². The molecule has 2 fully saturated rings. The first-order valence-electron chi connectivity index (χ1n) is 6.34. The highest BCUT2D eigenvalue weighted by molar-refractivity contribution is 4.85. The van der Waals surface area contributed by atoms with E-state index in [2.05, 4.69) is 16.8 Å². The van der Waals surface area contributed by atoms with Crippen molar-refractivity contribution in [2.45, 2.75) is 31.7 Å². The summed E-state index contributed by atoms with van der Waals surface area (Å²) in [5.41, 5.74) is 0. The van der Waals surface area contributed by atoms with Gasteiger partial charge in [-0.3, -0.25) is 4.90 Å². The first-order chi connectivity index (χ1) is 7.31. The Kier molecular flexibility index (Phi) is 4.00. The number of hydrogen-bond acceptors (Lipinski definition) is 3. The van der Waals surface area contributed by atoms with Crippen molar-refractivity contribution in [3.8, 4) is 0 Å². The second kappa shape index (κ2) is 5.28. The molecule has 0 saturated carbocycles. The zero-order valence-corrected chi connectivity index (χ0v) is 9.86. The largest absolute Gasteiger partial charge is 0.395 e. The average Bonchev–Trinajstić information content (AvgIpc) is 2.75. The van der Waals surface area contributed by atoms with E-state index in [1.54, 1.807) is 0 Å². The summed E-state index contributed by atoms with van der Waals surface area (Å²) in [6.07, 6.45) is 5.17. The Bertz CT molecular complexity index is 184. The van der Waals surface area contributed by atoms with Crippen molar-refractivity contribution >= 4 is 0 Å². The average molecular weight is 212 g/mol. The third-order valence-electron chi connectivity index (χ3n) is 4.10. The van der Waals surface area contributed by atoms with E-state index in [9.17, 15) is 5.11 Å². The summed E-state index contributed by atoms with van der Waals surface area (Å²) in [7, 11) is 2.19. The van der Waals surface area contributed by atoms with Crippen LogP contribution in [-0.4, -0.2) is 60.8 Å². The Morgan fingerprint density at radius 1 is 1.13 bits per heavy atom. The molecule has 1 atom stereocenters. The summed E-state index contributed by atoms with van der Waals surface area (Å²) in [5.74, 6) is 0.726. The molecule has 1 N–H and O–H groups in total. The highest BCUT2D eigenvalue weighted by atomic mass is 16.3. The van der Waals surface area contributed by atoms with Gasteiger partial charge in [-0.05, 0) is 64.8 Å². The van der Waals surface area contributed by atoms with Gasteiger partial charge in [0.2, 0.25) is 0 Å². The maximum atomic E-state index is 9.55. The number of likely N-dealkylation sites (tertiary alicyclic amines) is 2. The molecule has 3 heteroatoms. The van der Waals surface area contributed by atoms with Crippen LogP contribution in [0.1, 0.15) is 25.7 Å². The van der Waals surface area contributed by atoms with E-state index >= 15 is 0 Å². The lowest BCUT2D eigenvalue weighted by Gasteiger charge is -2.38. The van der Waals surface area contributed by atoms with Crippen LogP contribution in [0.4, 0.5) is 0 Å². The molecule has 2 rings (SSSR count). The van der Waals surface area contributed by atoms with Gasteiger partial charge in [-0.2, -0.15) is 0 Å².